The molecule has 0 fully saturated rings. The minimum absolute atomic E-state index is 0.101. The second-order valence-electron chi connectivity index (χ2n) is 8.48. The molecule has 9 heteroatoms. The van der Waals surface area contributed by atoms with Gasteiger partial charge in [0.15, 0.2) is 0 Å². The van der Waals surface area contributed by atoms with Gasteiger partial charge in [-0.25, -0.2) is 17.8 Å². The number of benzene rings is 2. The molecule has 4 aromatic rings. The Labute approximate surface area is 203 Å². The number of hydrogen-bond donors (Lipinski definition) is 0. The molecule has 1 unspecified atom stereocenters. The molecule has 1 aliphatic heterocycles. The highest BCUT2D eigenvalue weighted by molar-refractivity contribution is 7.89. The summed E-state index contributed by atoms with van der Waals surface area (Å²) in [5.41, 5.74) is 3.08. The summed E-state index contributed by atoms with van der Waals surface area (Å²) >= 11 is 1.62. The lowest BCUT2D eigenvalue weighted by Gasteiger charge is -2.32. The van der Waals surface area contributed by atoms with E-state index in [-0.39, 0.29) is 17.5 Å². The Hall–Kier alpha value is -3.01. The molecular formula is C25H25FN4O2S2. The van der Waals surface area contributed by atoms with Gasteiger partial charge in [0.2, 0.25) is 10.0 Å². The SMILES string of the molecule is Cn1cncc1CN1CC(Cc2ccccc2)N(S(=O)(=O)c2ccc(F)cc2)Cc2ccsc21. The van der Waals surface area contributed by atoms with Crippen LogP contribution in [0.15, 0.2) is 83.5 Å². The summed E-state index contributed by atoms with van der Waals surface area (Å²) in [5.74, 6) is -0.460. The van der Waals surface area contributed by atoms with Crippen LogP contribution in [0.5, 0.6) is 0 Å². The molecular weight excluding hydrogens is 471 g/mol. The molecule has 34 heavy (non-hydrogen) atoms. The Balaban J connectivity index is 1.56. The Morgan fingerprint density at radius 1 is 1.09 bits per heavy atom. The highest BCUT2D eigenvalue weighted by Crippen LogP contribution is 2.36. The van der Waals surface area contributed by atoms with Crippen LogP contribution >= 0.6 is 11.3 Å². The van der Waals surface area contributed by atoms with Gasteiger partial charge in [-0.05, 0) is 47.7 Å². The van der Waals surface area contributed by atoms with E-state index >= 15 is 0 Å². The minimum atomic E-state index is -3.86. The number of fused-ring (bicyclic) bond motifs is 1. The fourth-order valence-electron chi connectivity index (χ4n) is 4.40. The standard InChI is InChI=1S/C25H25FN4O2S2/c1-28-18-27-14-23(28)17-29-16-22(13-19-5-3-2-4-6-19)30(15-20-11-12-33-25(20)29)34(31,32)24-9-7-21(26)8-10-24/h2-12,14,18,22H,13,15-17H2,1H3. The lowest BCUT2D eigenvalue weighted by atomic mass is 10.1. The van der Waals surface area contributed by atoms with Gasteiger partial charge < -0.3 is 9.47 Å². The van der Waals surface area contributed by atoms with Gasteiger partial charge in [0.1, 0.15) is 5.82 Å². The zero-order chi connectivity index (χ0) is 23.7. The van der Waals surface area contributed by atoms with E-state index in [2.05, 4.69) is 9.88 Å². The van der Waals surface area contributed by atoms with Crippen LogP contribution < -0.4 is 4.90 Å². The molecule has 5 rings (SSSR count). The first-order valence-electron chi connectivity index (χ1n) is 11.0. The molecule has 0 aliphatic carbocycles. The summed E-state index contributed by atoms with van der Waals surface area (Å²) in [4.78, 5) is 6.60. The van der Waals surface area contributed by atoms with Gasteiger partial charge in [0, 0.05) is 37.9 Å². The molecule has 3 heterocycles. The average molecular weight is 497 g/mol. The van der Waals surface area contributed by atoms with Gasteiger partial charge in [-0.1, -0.05) is 30.3 Å². The topological polar surface area (TPSA) is 58.4 Å². The number of hydrogen-bond acceptors (Lipinski definition) is 5. The highest BCUT2D eigenvalue weighted by Gasteiger charge is 2.37. The fraction of sp³-hybridized carbons (Fsp3) is 0.240. The van der Waals surface area contributed by atoms with E-state index in [9.17, 15) is 12.8 Å². The van der Waals surface area contributed by atoms with Crippen LogP contribution in [0.3, 0.4) is 0 Å². The monoisotopic (exact) mass is 496 g/mol. The first kappa shape index (κ1) is 22.8. The van der Waals surface area contributed by atoms with E-state index in [0.29, 0.717) is 19.5 Å². The van der Waals surface area contributed by atoms with Gasteiger partial charge in [-0.2, -0.15) is 4.31 Å². The van der Waals surface area contributed by atoms with Crippen molar-refractivity contribution in [2.24, 2.45) is 7.05 Å². The van der Waals surface area contributed by atoms with Crippen molar-refractivity contribution in [1.29, 1.82) is 0 Å². The molecule has 0 saturated carbocycles. The molecule has 0 N–H and O–H groups in total. The van der Waals surface area contributed by atoms with Gasteiger partial charge in [0.05, 0.1) is 28.5 Å². The lowest BCUT2D eigenvalue weighted by molar-refractivity contribution is 0.317. The van der Waals surface area contributed by atoms with Crippen molar-refractivity contribution in [3.63, 3.8) is 0 Å². The van der Waals surface area contributed by atoms with Crippen molar-refractivity contribution < 1.29 is 12.8 Å². The predicted molar refractivity (Wildman–Crippen MR) is 132 cm³/mol. The molecule has 0 spiro atoms. The van der Waals surface area contributed by atoms with Crippen LogP contribution in [0, 0.1) is 5.82 Å². The predicted octanol–water partition coefficient (Wildman–Crippen LogP) is 4.44. The Morgan fingerprint density at radius 3 is 2.56 bits per heavy atom. The Kier molecular flexibility index (Phi) is 6.24. The zero-order valence-corrected chi connectivity index (χ0v) is 20.3. The number of halogens is 1. The number of sulfonamides is 1. The van der Waals surface area contributed by atoms with Gasteiger partial charge in [0.25, 0.3) is 0 Å². The highest BCUT2D eigenvalue weighted by atomic mass is 32.2. The van der Waals surface area contributed by atoms with Crippen molar-refractivity contribution in [2.45, 2.75) is 30.4 Å². The Bertz CT molecular complexity index is 1370. The number of rotatable bonds is 6. The quantitative estimate of drug-likeness (QED) is 0.396. The van der Waals surface area contributed by atoms with Crippen LogP contribution in [0.4, 0.5) is 9.39 Å². The maximum Gasteiger partial charge on any atom is 0.243 e. The molecule has 176 valence electrons. The first-order valence-corrected chi connectivity index (χ1v) is 13.3. The normalized spacial score (nSPS) is 16.9. The minimum Gasteiger partial charge on any atom is -0.356 e. The van der Waals surface area contributed by atoms with Crippen LogP contribution in [0.25, 0.3) is 0 Å². The van der Waals surface area contributed by atoms with E-state index in [0.717, 1.165) is 21.8 Å². The summed E-state index contributed by atoms with van der Waals surface area (Å²) < 4.78 is 44.8. The maximum absolute atomic E-state index is 13.8. The van der Waals surface area contributed by atoms with Crippen molar-refractivity contribution in [3.05, 3.63) is 101 Å². The summed E-state index contributed by atoms with van der Waals surface area (Å²) in [5, 5.41) is 3.07. The molecule has 6 nitrogen and oxygen atoms in total. The molecule has 1 atom stereocenters. The molecule has 0 radical (unpaired) electrons. The second-order valence-corrected chi connectivity index (χ2v) is 11.3. The van der Waals surface area contributed by atoms with Crippen LogP contribution in [0.1, 0.15) is 16.8 Å². The zero-order valence-electron chi connectivity index (χ0n) is 18.7. The second kappa shape index (κ2) is 9.32. The lowest BCUT2D eigenvalue weighted by Crippen LogP contribution is -2.45. The summed E-state index contributed by atoms with van der Waals surface area (Å²) in [6, 6.07) is 16.7. The van der Waals surface area contributed by atoms with Crippen LogP contribution in [-0.4, -0.2) is 34.9 Å². The average Bonchev–Trinajstić information content (AvgIpc) is 3.43. The summed E-state index contributed by atoms with van der Waals surface area (Å²) in [7, 11) is -1.90. The third-order valence-electron chi connectivity index (χ3n) is 6.18. The molecule has 2 aromatic carbocycles. The smallest absolute Gasteiger partial charge is 0.243 e. The number of anilines is 1. The van der Waals surface area contributed by atoms with Gasteiger partial charge in [-0.15, -0.1) is 11.3 Å². The molecule has 0 saturated heterocycles. The third-order valence-corrected chi connectivity index (χ3v) is 9.11. The number of nitrogens with zero attached hydrogens (tertiary/aromatic N) is 4. The van der Waals surface area contributed by atoms with E-state index in [1.807, 2.05) is 59.6 Å². The van der Waals surface area contributed by atoms with Crippen molar-refractivity contribution >= 4 is 26.4 Å². The Morgan fingerprint density at radius 2 is 1.85 bits per heavy atom. The van der Waals surface area contributed by atoms with Crippen molar-refractivity contribution in [1.82, 2.24) is 13.9 Å². The van der Waals surface area contributed by atoms with Crippen molar-refractivity contribution in [2.75, 3.05) is 11.4 Å². The molecule has 2 aromatic heterocycles. The fourth-order valence-corrected chi connectivity index (χ4v) is 6.92. The van der Waals surface area contributed by atoms with Gasteiger partial charge in [-0.3, -0.25) is 0 Å². The maximum atomic E-state index is 13.8. The third kappa shape index (κ3) is 4.51. The van der Waals surface area contributed by atoms with E-state index in [1.54, 1.807) is 22.0 Å². The molecule has 0 amide bonds. The summed E-state index contributed by atoms with van der Waals surface area (Å²) in [6.07, 6.45) is 4.19. The molecule has 0 bridgehead atoms. The number of thiophene rings is 1. The molecule has 1 aliphatic rings. The van der Waals surface area contributed by atoms with Crippen LogP contribution in [0.2, 0.25) is 0 Å². The largest absolute Gasteiger partial charge is 0.356 e. The van der Waals surface area contributed by atoms with Crippen LogP contribution in [-0.2, 0) is 36.6 Å². The van der Waals surface area contributed by atoms with Gasteiger partial charge >= 0.3 is 0 Å². The summed E-state index contributed by atoms with van der Waals surface area (Å²) in [6.45, 7) is 1.41. The van der Waals surface area contributed by atoms with E-state index in [1.165, 1.54) is 24.3 Å². The van der Waals surface area contributed by atoms with E-state index in [4.69, 9.17) is 0 Å². The number of imidazole rings is 1. The number of aromatic nitrogens is 2. The first-order chi connectivity index (χ1) is 16.4. The van der Waals surface area contributed by atoms with E-state index < -0.39 is 15.8 Å². The number of aryl methyl sites for hydroxylation is 1. The van der Waals surface area contributed by atoms with Crippen molar-refractivity contribution in [3.8, 4) is 0 Å².